The summed E-state index contributed by atoms with van der Waals surface area (Å²) in [6.45, 7) is 6.14. The molecule has 0 aromatic carbocycles. The highest BCUT2D eigenvalue weighted by molar-refractivity contribution is 7.94. The molecule has 0 amide bonds. The molecule has 0 radical (unpaired) electrons. The summed E-state index contributed by atoms with van der Waals surface area (Å²) < 4.78 is 20.6. The van der Waals surface area contributed by atoms with Gasteiger partial charge in [-0.05, 0) is 6.92 Å². The summed E-state index contributed by atoms with van der Waals surface area (Å²) in [5.74, 6) is -0.482. The standard InChI is InChI=1S/C8H15ClO3S/c1-7(2,3)6(10)8(4,9)13(5,11)12/h1-5H3/t8-/m0/s1. The molecule has 0 spiro atoms. The van der Waals surface area contributed by atoms with E-state index in [0.717, 1.165) is 6.26 Å². The van der Waals surface area contributed by atoms with Crippen LogP contribution in [0, 0.1) is 5.41 Å². The lowest BCUT2D eigenvalue weighted by Crippen LogP contribution is -2.44. The number of alkyl halides is 1. The zero-order valence-electron chi connectivity index (χ0n) is 8.51. The van der Waals surface area contributed by atoms with Gasteiger partial charge in [0.15, 0.2) is 15.6 Å². The van der Waals surface area contributed by atoms with Gasteiger partial charge in [-0.1, -0.05) is 32.4 Å². The van der Waals surface area contributed by atoms with Crippen molar-refractivity contribution in [3.63, 3.8) is 0 Å². The van der Waals surface area contributed by atoms with Crippen LogP contribution in [-0.4, -0.2) is 24.7 Å². The van der Waals surface area contributed by atoms with Crippen LogP contribution in [0.25, 0.3) is 0 Å². The van der Waals surface area contributed by atoms with E-state index in [1.807, 2.05) is 0 Å². The van der Waals surface area contributed by atoms with Gasteiger partial charge >= 0.3 is 0 Å². The van der Waals surface area contributed by atoms with Gasteiger partial charge in [0.2, 0.25) is 4.21 Å². The molecule has 78 valence electrons. The molecule has 0 heterocycles. The van der Waals surface area contributed by atoms with Gasteiger partial charge in [0.25, 0.3) is 0 Å². The Morgan fingerprint density at radius 3 is 1.54 bits per heavy atom. The molecule has 0 N–H and O–H groups in total. The maximum absolute atomic E-state index is 11.6. The maximum Gasteiger partial charge on any atom is 0.200 e. The Bertz CT molecular complexity index is 309. The van der Waals surface area contributed by atoms with E-state index in [0.29, 0.717) is 0 Å². The van der Waals surface area contributed by atoms with E-state index < -0.39 is 25.2 Å². The molecular formula is C8H15ClO3S. The zero-order chi connectivity index (χ0) is 11.1. The minimum Gasteiger partial charge on any atom is -0.296 e. The fourth-order valence-corrected chi connectivity index (χ4v) is 1.76. The molecular weight excluding hydrogens is 212 g/mol. The molecule has 13 heavy (non-hydrogen) atoms. The Morgan fingerprint density at radius 2 is 1.46 bits per heavy atom. The molecule has 0 saturated carbocycles. The maximum atomic E-state index is 11.6. The molecule has 0 aromatic rings. The molecule has 0 aliphatic rings. The van der Waals surface area contributed by atoms with Crippen molar-refractivity contribution < 1.29 is 13.2 Å². The van der Waals surface area contributed by atoms with E-state index in [2.05, 4.69) is 0 Å². The number of hydrogen-bond acceptors (Lipinski definition) is 3. The summed E-state index contributed by atoms with van der Waals surface area (Å²) in [5, 5.41) is 0. The number of halogens is 1. The van der Waals surface area contributed by atoms with E-state index in [1.54, 1.807) is 20.8 Å². The van der Waals surface area contributed by atoms with Crippen molar-refractivity contribution in [3.05, 3.63) is 0 Å². The lowest BCUT2D eigenvalue weighted by Gasteiger charge is -2.26. The van der Waals surface area contributed by atoms with Crippen LogP contribution in [0.2, 0.25) is 0 Å². The van der Waals surface area contributed by atoms with Crippen molar-refractivity contribution >= 4 is 27.2 Å². The molecule has 0 aromatic heterocycles. The molecule has 0 bridgehead atoms. The van der Waals surface area contributed by atoms with Gasteiger partial charge in [-0.2, -0.15) is 0 Å². The number of rotatable bonds is 2. The summed E-state index contributed by atoms with van der Waals surface area (Å²) in [6.07, 6.45) is 0.962. The Morgan fingerprint density at radius 1 is 1.15 bits per heavy atom. The fraction of sp³-hybridized carbons (Fsp3) is 0.875. The normalized spacial score (nSPS) is 18.0. The number of Topliss-reactive ketones (excluding diaryl/α,β-unsaturated/α-hetero) is 1. The van der Waals surface area contributed by atoms with Crippen LogP contribution in [0.1, 0.15) is 27.7 Å². The van der Waals surface area contributed by atoms with Crippen molar-refractivity contribution in [1.29, 1.82) is 0 Å². The zero-order valence-corrected chi connectivity index (χ0v) is 10.1. The second kappa shape index (κ2) is 3.24. The van der Waals surface area contributed by atoms with Crippen LogP contribution < -0.4 is 0 Å². The van der Waals surface area contributed by atoms with E-state index in [1.165, 1.54) is 6.92 Å². The first-order valence-electron chi connectivity index (χ1n) is 3.84. The Labute approximate surface area is 84.4 Å². The summed E-state index contributed by atoms with van der Waals surface area (Å²) in [6, 6.07) is 0. The van der Waals surface area contributed by atoms with Gasteiger partial charge in [-0.15, -0.1) is 0 Å². The molecule has 0 fully saturated rings. The predicted molar refractivity (Wildman–Crippen MR) is 53.6 cm³/mol. The molecule has 3 nitrogen and oxygen atoms in total. The van der Waals surface area contributed by atoms with Crippen molar-refractivity contribution in [3.8, 4) is 0 Å². The van der Waals surface area contributed by atoms with Crippen LogP contribution >= 0.6 is 11.6 Å². The number of ketones is 1. The molecule has 0 aliphatic heterocycles. The summed E-state index contributed by atoms with van der Waals surface area (Å²) in [4.78, 5) is 11.6. The largest absolute Gasteiger partial charge is 0.296 e. The quantitative estimate of drug-likeness (QED) is 0.672. The fourth-order valence-electron chi connectivity index (χ4n) is 0.838. The van der Waals surface area contributed by atoms with Crippen molar-refractivity contribution in [2.45, 2.75) is 31.9 Å². The third-order valence-corrected chi connectivity index (χ3v) is 4.37. The van der Waals surface area contributed by atoms with Crippen LogP contribution in [-0.2, 0) is 14.6 Å². The second-order valence-electron chi connectivity index (χ2n) is 4.27. The highest BCUT2D eigenvalue weighted by Crippen LogP contribution is 2.31. The highest BCUT2D eigenvalue weighted by atomic mass is 35.5. The topological polar surface area (TPSA) is 51.2 Å². The van der Waals surface area contributed by atoms with Crippen LogP contribution in [0.3, 0.4) is 0 Å². The third kappa shape index (κ3) is 2.68. The van der Waals surface area contributed by atoms with Gasteiger partial charge in [-0.25, -0.2) is 8.42 Å². The smallest absolute Gasteiger partial charge is 0.200 e. The SMILES string of the molecule is CC(C)(C)C(=O)[C@@](C)(Cl)S(C)(=O)=O. The third-order valence-electron chi connectivity index (χ3n) is 1.78. The van der Waals surface area contributed by atoms with Gasteiger partial charge in [-0.3, -0.25) is 4.79 Å². The Hall–Kier alpha value is -0.0900. The Kier molecular flexibility index (Phi) is 3.22. The van der Waals surface area contributed by atoms with E-state index in [9.17, 15) is 13.2 Å². The molecule has 0 unspecified atom stereocenters. The van der Waals surface area contributed by atoms with Gasteiger partial charge in [0.05, 0.1) is 0 Å². The van der Waals surface area contributed by atoms with Crippen LogP contribution in [0.4, 0.5) is 0 Å². The number of carbonyl (C=O) groups excluding carboxylic acids is 1. The first kappa shape index (κ1) is 12.9. The first-order valence-corrected chi connectivity index (χ1v) is 6.11. The minimum absolute atomic E-state index is 0.482. The molecule has 0 aliphatic carbocycles. The van der Waals surface area contributed by atoms with Crippen LogP contribution in [0.15, 0.2) is 0 Å². The molecule has 5 heteroatoms. The lowest BCUT2D eigenvalue weighted by atomic mass is 9.89. The summed E-state index contributed by atoms with van der Waals surface area (Å²) in [7, 11) is -3.57. The number of carbonyl (C=O) groups is 1. The Balaban J connectivity index is 5.23. The van der Waals surface area contributed by atoms with Crippen molar-refractivity contribution in [2.24, 2.45) is 5.41 Å². The summed E-state index contributed by atoms with van der Waals surface area (Å²) >= 11 is 5.71. The predicted octanol–water partition coefficient (Wildman–Crippen LogP) is 1.60. The van der Waals surface area contributed by atoms with Gasteiger partial charge < -0.3 is 0 Å². The molecule has 0 rings (SSSR count). The second-order valence-corrected chi connectivity index (χ2v) is 7.61. The van der Waals surface area contributed by atoms with Crippen molar-refractivity contribution in [1.82, 2.24) is 0 Å². The highest BCUT2D eigenvalue weighted by Gasteiger charge is 2.46. The number of hydrogen-bond donors (Lipinski definition) is 0. The summed E-state index contributed by atoms with van der Waals surface area (Å²) in [5.41, 5.74) is -0.750. The molecule has 1 atom stereocenters. The van der Waals surface area contributed by atoms with E-state index >= 15 is 0 Å². The number of sulfone groups is 1. The van der Waals surface area contributed by atoms with E-state index in [-0.39, 0.29) is 0 Å². The lowest BCUT2D eigenvalue weighted by molar-refractivity contribution is -0.126. The average Bonchev–Trinajstić information content (AvgIpc) is 1.81. The monoisotopic (exact) mass is 226 g/mol. The van der Waals surface area contributed by atoms with Gasteiger partial charge in [0, 0.05) is 11.7 Å². The first-order chi connectivity index (χ1) is 5.40. The van der Waals surface area contributed by atoms with Crippen LogP contribution in [0.5, 0.6) is 0 Å². The van der Waals surface area contributed by atoms with Crippen molar-refractivity contribution in [2.75, 3.05) is 6.26 Å². The van der Waals surface area contributed by atoms with E-state index in [4.69, 9.17) is 11.6 Å². The minimum atomic E-state index is -3.57. The molecule has 0 saturated heterocycles. The van der Waals surface area contributed by atoms with Gasteiger partial charge in [0.1, 0.15) is 0 Å². The average molecular weight is 227 g/mol.